The lowest BCUT2D eigenvalue weighted by Gasteiger charge is -2.38. The fourth-order valence-corrected chi connectivity index (χ4v) is 12.3. The van der Waals surface area contributed by atoms with Crippen LogP contribution in [0.2, 0.25) is 26.2 Å². The summed E-state index contributed by atoms with van der Waals surface area (Å²) < 4.78 is 21.3. The number of benzene rings is 1. The van der Waals surface area contributed by atoms with Gasteiger partial charge in [-0.15, -0.1) is 0 Å². The van der Waals surface area contributed by atoms with E-state index >= 15 is 0 Å². The number of esters is 2. The van der Waals surface area contributed by atoms with Gasteiger partial charge in [0.1, 0.15) is 38.8 Å². The topological polar surface area (TPSA) is 71.1 Å². The predicted molar refractivity (Wildman–Crippen MR) is 106 cm³/mol. The minimum Gasteiger partial charge on any atom is -0.496 e. The molecule has 1 aromatic carbocycles. The van der Waals surface area contributed by atoms with Crippen LogP contribution >= 0.6 is 0 Å². The molecule has 1 aromatic rings. The van der Waals surface area contributed by atoms with Gasteiger partial charge in [-0.1, -0.05) is 37.6 Å². The van der Waals surface area contributed by atoms with Crippen LogP contribution in [0.25, 0.3) is 0 Å². The second-order valence-corrected chi connectivity index (χ2v) is 15.9. The van der Waals surface area contributed by atoms with E-state index in [0.29, 0.717) is 11.5 Å². The van der Waals surface area contributed by atoms with E-state index in [-0.39, 0.29) is 11.1 Å². The molecule has 1 aliphatic heterocycles. The molecular formula is C18H26O6Si2. The highest BCUT2D eigenvalue weighted by molar-refractivity contribution is 7.08. The first-order valence-electron chi connectivity index (χ1n) is 8.27. The van der Waals surface area contributed by atoms with E-state index in [1.54, 1.807) is 0 Å². The molecule has 142 valence electrons. The molecule has 6 nitrogen and oxygen atoms in total. The van der Waals surface area contributed by atoms with Crippen molar-refractivity contribution in [1.82, 2.24) is 0 Å². The maximum Gasteiger partial charge on any atom is 0.342 e. The molecule has 1 aliphatic rings. The van der Waals surface area contributed by atoms with Crippen LogP contribution in [0, 0.1) is 0 Å². The Morgan fingerprint density at radius 1 is 0.692 bits per heavy atom. The smallest absolute Gasteiger partial charge is 0.342 e. The summed E-state index contributed by atoms with van der Waals surface area (Å²) in [6, 6.07) is 0. The fourth-order valence-electron chi connectivity index (χ4n) is 3.52. The van der Waals surface area contributed by atoms with E-state index in [1.807, 2.05) is 0 Å². The van der Waals surface area contributed by atoms with Crippen LogP contribution in [0.5, 0.6) is 11.5 Å². The lowest BCUT2D eigenvalue weighted by molar-refractivity contribution is 0.0549. The van der Waals surface area contributed by atoms with E-state index < -0.39 is 28.1 Å². The molecule has 26 heavy (non-hydrogen) atoms. The summed E-state index contributed by atoms with van der Waals surface area (Å²) in [5.74, 6) is -0.506. The maximum absolute atomic E-state index is 12.6. The summed E-state index contributed by atoms with van der Waals surface area (Å²) in [7, 11) is 1.40. The Labute approximate surface area is 156 Å². The number of rotatable bonds is 4. The second-order valence-electron chi connectivity index (χ2n) is 7.33. The van der Waals surface area contributed by atoms with E-state index in [0.717, 1.165) is 10.4 Å². The van der Waals surface area contributed by atoms with Gasteiger partial charge in [-0.25, -0.2) is 9.59 Å². The molecule has 2 rings (SSSR count). The summed E-state index contributed by atoms with van der Waals surface area (Å²) >= 11 is 0. The monoisotopic (exact) mass is 394 g/mol. The SMILES string of the molecule is COC(=O)c1c(OC)c2c(c(OC)c1C(=O)OC)[Si](C)(C)C=C[Si]2(C)C. The summed E-state index contributed by atoms with van der Waals surface area (Å²) in [6.45, 7) is 8.69. The summed E-state index contributed by atoms with van der Waals surface area (Å²) in [5.41, 5.74) is 4.67. The number of hydrogen-bond donors (Lipinski definition) is 0. The minimum atomic E-state index is -2.08. The Morgan fingerprint density at radius 2 is 1.00 bits per heavy atom. The summed E-state index contributed by atoms with van der Waals surface area (Å²) in [5, 5.41) is 1.98. The Balaban J connectivity index is 3.16. The summed E-state index contributed by atoms with van der Waals surface area (Å²) in [4.78, 5) is 25.2. The molecule has 0 aromatic heterocycles. The molecule has 0 saturated heterocycles. The van der Waals surface area contributed by atoms with E-state index in [2.05, 4.69) is 37.6 Å². The number of fused-ring (bicyclic) bond motifs is 1. The van der Waals surface area contributed by atoms with Gasteiger partial charge in [-0.3, -0.25) is 0 Å². The van der Waals surface area contributed by atoms with E-state index in [1.165, 1.54) is 28.4 Å². The third-order valence-corrected chi connectivity index (χ3v) is 10.9. The lowest BCUT2D eigenvalue weighted by Crippen LogP contribution is -2.62. The first-order chi connectivity index (χ1) is 12.1. The van der Waals surface area contributed by atoms with Crippen molar-refractivity contribution in [3.05, 3.63) is 22.5 Å². The van der Waals surface area contributed by atoms with Crippen molar-refractivity contribution in [3.63, 3.8) is 0 Å². The quantitative estimate of drug-likeness (QED) is 0.572. The Hall–Kier alpha value is -2.07. The van der Waals surface area contributed by atoms with Gasteiger partial charge < -0.3 is 18.9 Å². The lowest BCUT2D eigenvalue weighted by atomic mass is 10.0. The third kappa shape index (κ3) is 2.97. The first-order valence-corrected chi connectivity index (χ1v) is 14.4. The maximum atomic E-state index is 12.6. The number of carbonyl (C=O) groups is 2. The van der Waals surface area contributed by atoms with Gasteiger partial charge in [-0.2, -0.15) is 0 Å². The minimum absolute atomic E-state index is 0.0677. The van der Waals surface area contributed by atoms with Crippen molar-refractivity contribution in [2.75, 3.05) is 28.4 Å². The van der Waals surface area contributed by atoms with Crippen molar-refractivity contribution < 1.29 is 28.5 Å². The van der Waals surface area contributed by atoms with E-state index in [4.69, 9.17) is 18.9 Å². The van der Waals surface area contributed by atoms with Gasteiger partial charge in [0, 0.05) is 0 Å². The zero-order chi connectivity index (χ0) is 19.9. The standard InChI is InChI=1S/C18H26O6Si2/c1-21-13-11(17(19)23-3)12(18(20)24-4)14(22-2)16-15(13)25(5,6)9-10-26(16,7)8/h9-10H,1-8H3. The van der Waals surface area contributed by atoms with Crippen molar-refractivity contribution in [2.45, 2.75) is 26.2 Å². The molecule has 1 heterocycles. The van der Waals surface area contributed by atoms with Crippen LogP contribution in [0.15, 0.2) is 11.4 Å². The Kier molecular flexibility index (Phi) is 5.39. The summed E-state index contributed by atoms with van der Waals surface area (Å²) in [6.07, 6.45) is 0. The van der Waals surface area contributed by atoms with Crippen molar-refractivity contribution >= 4 is 38.5 Å². The van der Waals surface area contributed by atoms with Crippen LogP contribution in [-0.4, -0.2) is 56.5 Å². The highest BCUT2D eigenvalue weighted by Crippen LogP contribution is 2.35. The average molecular weight is 395 g/mol. The zero-order valence-corrected chi connectivity index (χ0v) is 18.6. The molecule has 0 spiro atoms. The highest BCUT2D eigenvalue weighted by atomic mass is 28.3. The molecule has 0 radical (unpaired) electrons. The predicted octanol–water partition coefficient (Wildman–Crippen LogP) is 1.76. The normalized spacial score (nSPS) is 16.5. The van der Waals surface area contributed by atoms with Crippen LogP contribution < -0.4 is 19.8 Å². The average Bonchev–Trinajstić information content (AvgIpc) is 2.61. The molecule has 0 bridgehead atoms. The van der Waals surface area contributed by atoms with Gasteiger partial charge in [0.25, 0.3) is 0 Å². The van der Waals surface area contributed by atoms with E-state index in [9.17, 15) is 9.59 Å². The molecule has 8 heteroatoms. The first kappa shape index (κ1) is 20.2. The molecule has 0 N–H and O–H groups in total. The van der Waals surface area contributed by atoms with Crippen molar-refractivity contribution in [2.24, 2.45) is 0 Å². The molecule has 0 saturated carbocycles. The number of ether oxygens (including phenoxy) is 4. The fraction of sp³-hybridized carbons (Fsp3) is 0.444. The van der Waals surface area contributed by atoms with Crippen molar-refractivity contribution in [1.29, 1.82) is 0 Å². The number of hydrogen-bond acceptors (Lipinski definition) is 6. The van der Waals surface area contributed by atoms with Gasteiger partial charge in [0.05, 0.1) is 28.4 Å². The third-order valence-electron chi connectivity index (χ3n) is 4.80. The largest absolute Gasteiger partial charge is 0.496 e. The van der Waals surface area contributed by atoms with Crippen LogP contribution in [0.4, 0.5) is 0 Å². The van der Waals surface area contributed by atoms with Gasteiger partial charge in [0.2, 0.25) is 0 Å². The Bertz CT molecular complexity index is 731. The highest BCUT2D eigenvalue weighted by Gasteiger charge is 2.45. The molecular weight excluding hydrogens is 368 g/mol. The Morgan fingerprint density at radius 3 is 1.23 bits per heavy atom. The van der Waals surface area contributed by atoms with Gasteiger partial charge in [0.15, 0.2) is 0 Å². The van der Waals surface area contributed by atoms with Crippen LogP contribution in [0.3, 0.4) is 0 Å². The zero-order valence-electron chi connectivity index (χ0n) is 16.6. The molecule has 0 amide bonds. The molecule has 0 unspecified atom stereocenters. The second kappa shape index (κ2) is 6.92. The molecule has 0 aliphatic carbocycles. The molecule has 0 atom stereocenters. The number of methoxy groups -OCH3 is 4. The molecule has 0 fully saturated rings. The van der Waals surface area contributed by atoms with Gasteiger partial charge in [-0.05, 0) is 10.4 Å². The van der Waals surface area contributed by atoms with Crippen molar-refractivity contribution in [3.8, 4) is 11.5 Å². The van der Waals surface area contributed by atoms with Gasteiger partial charge >= 0.3 is 11.9 Å². The van der Waals surface area contributed by atoms with Crippen LogP contribution in [-0.2, 0) is 9.47 Å². The number of carbonyl (C=O) groups excluding carboxylic acids is 2. The van der Waals surface area contributed by atoms with Crippen LogP contribution in [0.1, 0.15) is 20.7 Å².